The summed E-state index contributed by atoms with van der Waals surface area (Å²) in [6, 6.07) is 7.17. The highest BCUT2D eigenvalue weighted by Gasteiger charge is 2.16. The average molecular weight is 397 g/mol. The smallest absolute Gasteiger partial charge is 0.183 e. The topological polar surface area (TPSA) is 108 Å². The van der Waals surface area contributed by atoms with E-state index in [0.717, 1.165) is 11.0 Å². The lowest BCUT2D eigenvalue weighted by Gasteiger charge is -2.05. The van der Waals surface area contributed by atoms with Gasteiger partial charge in [0.2, 0.25) is 0 Å². The third kappa shape index (κ3) is 2.66. The summed E-state index contributed by atoms with van der Waals surface area (Å²) in [5.74, 6) is 1.66. The largest absolute Gasteiger partial charge is 0.346 e. The number of hydrogen-bond donors (Lipinski definition) is 3. The van der Waals surface area contributed by atoms with Crippen LogP contribution in [-0.2, 0) is 0 Å². The van der Waals surface area contributed by atoms with Crippen molar-refractivity contribution in [3.05, 3.63) is 53.2 Å². The monoisotopic (exact) mass is 396 g/mol. The molecule has 0 saturated heterocycles. The summed E-state index contributed by atoms with van der Waals surface area (Å²) in [6.07, 6.45) is 4.70. The Balaban J connectivity index is 1.64. The second kappa shape index (κ2) is 6.19. The van der Waals surface area contributed by atoms with Gasteiger partial charge >= 0.3 is 0 Å². The van der Waals surface area contributed by atoms with Crippen molar-refractivity contribution in [3.8, 4) is 11.4 Å². The molecule has 0 spiro atoms. The predicted octanol–water partition coefficient (Wildman–Crippen LogP) is 4.34. The van der Waals surface area contributed by atoms with Crippen LogP contribution in [0.2, 0.25) is 10.0 Å². The molecule has 27 heavy (non-hydrogen) atoms. The molecule has 3 N–H and O–H groups in total. The first-order chi connectivity index (χ1) is 13.2. The molecule has 0 aliphatic rings. The van der Waals surface area contributed by atoms with Gasteiger partial charge in [-0.3, -0.25) is 0 Å². The maximum atomic E-state index is 6.30. The number of H-pyrrole nitrogens is 2. The molecular weight excluding hydrogens is 387 g/mol. The van der Waals surface area contributed by atoms with E-state index in [0.29, 0.717) is 44.2 Å². The summed E-state index contributed by atoms with van der Waals surface area (Å²) < 4.78 is 0. The Morgan fingerprint density at radius 1 is 0.889 bits per heavy atom. The van der Waals surface area contributed by atoms with Gasteiger partial charge in [0.05, 0.1) is 21.0 Å². The number of nitrogens with one attached hydrogen (secondary N) is 3. The molecule has 0 saturated carbocycles. The predicted molar refractivity (Wildman–Crippen MR) is 104 cm³/mol. The van der Waals surface area contributed by atoms with Crippen molar-refractivity contribution in [2.75, 3.05) is 5.32 Å². The normalized spacial score (nSPS) is 11.3. The second-order valence-corrected chi connectivity index (χ2v) is 6.50. The molecule has 132 valence electrons. The Hall–Kier alpha value is -3.23. The fourth-order valence-corrected chi connectivity index (χ4v) is 3.43. The van der Waals surface area contributed by atoms with Crippen molar-refractivity contribution in [2.45, 2.75) is 0 Å². The highest BCUT2D eigenvalue weighted by Crippen LogP contribution is 2.34. The summed E-state index contributed by atoms with van der Waals surface area (Å²) in [5, 5.41) is 5.04. The Morgan fingerprint density at radius 3 is 2.52 bits per heavy atom. The van der Waals surface area contributed by atoms with E-state index in [4.69, 9.17) is 23.2 Å². The summed E-state index contributed by atoms with van der Waals surface area (Å²) >= 11 is 12.6. The number of aromatic nitrogens is 7. The van der Waals surface area contributed by atoms with Crippen LogP contribution in [0.5, 0.6) is 0 Å². The highest BCUT2D eigenvalue weighted by molar-refractivity contribution is 6.39. The van der Waals surface area contributed by atoms with Crippen LogP contribution in [0.4, 0.5) is 11.6 Å². The first kappa shape index (κ1) is 16.0. The number of rotatable bonds is 3. The van der Waals surface area contributed by atoms with Gasteiger partial charge in [0.25, 0.3) is 0 Å². The summed E-state index contributed by atoms with van der Waals surface area (Å²) in [7, 11) is 0. The molecule has 0 amide bonds. The van der Waals surface area contributed by atoms with E-state index in [9.17, 15) is 0 Å². The Kier molecular flexibility index (Phi) is 3.66. The zero-order valence-electron chi connectivity index (χ0n) is 13.5. The standard InChI is InChI=1S/C17H10Cl2N8/c18-9-2-1-3-10(19)11(9)15-25-12-16(23-7-24-17(12)27-15)26-14-8-4-5-20-13(8)21-6-22-14/h1-7H,(H3,20,21,22,23,24,25,26,27). The highest BCUT2D eigenvalue weighted by atomic mass is 35.5. The summed E-state index contributed by atoms with van der Waals surface area (Å²) in [4.78, 5) is 27.8. The van der Waals surface area contributed by atoms with E-state index < -0.39 is 0 Å². The molecule has 0 radical (unpaired) electrons. The fraction of sp³-hybridized carbons (Fsp3) is 0. The van der Waals surface area contributed by atoms with Gasteiger partial charge in [-0.25, -0.2) is 24.9 Å². The van der Waals surface area contributed by atoms with Gasteiger partial charge in [0, 0.05) is 6.20 Å². The van der Waals surface area contributed by atoms with Crippen LogP contribution in [0.3, 0.4) is 0 Å². The van der Waals surface area contributed by atoms with E-state index in [1.54, 1.807) is 24.4 Å². The molecular formula is C17H10Cl2N8. The summed E-state index contributed by atoms with van der Waals surface area (Å²) in [5.41, 5.74) is 2.44. The molecule has 10 heteroatoms. The van der Waals surface area contributed by atoms with Crippen molar-refractivity contribution in [2.24, 2.45) is 0 Å². The van der Waals surface area contributed by atoms with Crippen LogP contribution in [-0.4, -0.2) is 34.9 Å². The number of aromatic amines is 2. The van der Waals surface area contributed by atoms with Gasteiger partial charge in [-0.15, -0.1) is 0 Å². The van der Waals surface area contributed by atoms with Crippen LogP contribution >= 0.6 is 23.2 Å². The van der Waals surface area contributed by atoms with Gasteiger partial charge in [0.15, 0.2) is 11.5 Å². The van der Waals surface area contributed by atoms with Crippen molar-refractivity contribution < 1.29 is 0 Å². The number of fused-ring (bicyclic) bond motifs is 2. The molecule has 1 aromatic carbocycles. The molecule has 5 aromatic rings. The molecule has 8 nitrogen and oxygen atoms in total. The second-order valence-electron chi connectivity index (χ2n) is 5.69. The zero-order chi connectivity index (χ0) is 18.4. The minimum atomic E-state index is 0.484. The van der Waals surface area contributed by atoms with Crippen LogP contribution in [0.1, 0.15) is 0 Å². The Labute approximate surface area is 162 Å². The molecule has 0 aliphatic heterocycles. The first-order valence-corrected chi connectivity index (χ1v) is 8.66. The van der Waals surface area contributed by atoms with Crippen LogP contribution in [0.25, 0.3) is 33.6 Å². The number of nitrogens with zero attached hydrogens (tertiary/aromatic N) is 5. The molecule has 0 unspecified atom stereocenters. The zero-order valence-corrected chi connectivity index (χ0v) is 15.0. The van der Waals surface area contributed by atoms with E-state index in [1.165, 1.54) is 12.7 Å². The minimum Gasteiger partial charge on any atom is -0.346 e. The molecule has 0 fully saturated rings. The van der Waals surface area contributed by atoms with Crippen LogP contribution < -0.4 is 5.32 Å². The van der Waals surface area contributed by atoms with Gasteiger partial charge in [-0.2, -0.15) is 0 Å². The van der Waals surface area contributed by atoms with Gasteiger partial charge in [0.1, 0.15) is 35.5 Å². The molecule has 5 rings (SSSR count). The molecule has 0 atom stereocenters. The van der Waals surface area contributed by atoms with E-state index >= 15 is 0 Å². The Morgan fingerprint density at radius 2 is 1.67 bits per heavy atom. The van der Waals surface area contributed by atoms with E-state index in [-0.39, 0.29) is 0 Å². The number of imidazole rings is 1. The van der Waals surface area contributed by atoms with Crippen molar-refractivity contribution in [1.82, 2.24) is 34.9 Å². The third-order valence-electron chi connectivity index (χ3n) is 4.08. The molecule has 0 aliphatic carbocycles. The lowest BCUT2D eigenvalue weighted by molar-refractivity contribution is 1.17. The van der Waals surface area contributed by atoms with Crippen molar-refractivity contribution >= 4 is 57.0 Å². The fourth-order valence-electron chi connectivity index (χ4n) is 2.85. The van der Waals surface area contributed by atoms with Gasteiger partial charge in [-0.05, 0) is 18.2 Å². The average Bonchev–Trinajstić information content (AvgIpc) is 3.29. The van der Waals surface area contributed by atoms with Crippen molar-refractivity contribution in [3.63, 3.8) is 0 Å². The number of hydrogen-bond acceptors (Lipinski definition) is 6. The molecule has 0 bridgehead atoms. The Bertz CT molecular complexity index is 1270. The van der Waals surface area contributed by atoms with E-state index in [1.807, 2.05) is 6.07 Å². The quantitative estimate of drug-likeness (QED) is 0.418. The van der Waals surface area contributed by atoms with Crippen LogP contribution in [0.15, 0.2) is 43.1 Å². The maximum absolute atomic E-state index is 6.30. The minimum absolute atomic E-state index is 0.484. The van der Waals surface area contributed by atoms with E-state index in [2.05, 4.69) is 40.2 Å². The van der Waals surface area contributed by atoms with Crippen LogP contribution in [0, 0.1) is 0 Å². The van der Waals surface area contributed by atoms with Crippen molar-refractivity contribution in [1.29, 1.82) is 0 Å². The number of halogens is 2. The lowest BCUT2D eigenvalue weighted by atomic mass is 10.2. The van der Waals surface area contributed by atoms with Gasteiger partial charge < -0.3 is 15.3 Å². The SMILES string of the molecule is Clc1cccc(Cl)c1-c1nc2ncnc(Nc3ncnc4[nH]ccc34)c2[nH]1. The number of anilines is 2. The first-order valence-electron chi connectivity index (χ1n) is 7.91. The third-order valence-corrected chi connectivity index (χ3v) is 4.71. The number of benzene rings is 1. The summed E-state index contributed by atoms with van der Waals surface area (Å²) in [6.45, 7) is 0. The maximum Gasteiger partial charge on any atom is 0.183 e. The molecule has 4 heterocycles. The van der Waals surface area contributed by atoms with Gasteiger partial charge in [-0.1, -0.05) is 29.3 Å². The lowest BCUT2D eigenvalue weighted by Crippen LogP contribution is -1.99. The molecule has 4 aromatic heterocycles.